The topological polar surface area (TPSA) is 24.5 Å². The van der Waals surface area contributed by atoms with Crippen molar-refractivity contribution in [2.45, 2.75) is 32.9 Å². The molecule has 2 rings (SSSR count). The second-order valence-corrected chi connectivity index (χ2v) is 5.66. The molecule has 1 N–H and O–H groups in total. The second kappa shape index (κ2) is 6.40. The third kappa shape index (κ3) is 3.10. The number of rotatable bonds is 5. The lowest BCUT2D eigenvalue weighted by Gasteiger charge is -2.40. The van der Waals surface area contributed by atoms with E-state index in [1.807, 2.05) is 13.1 Å². The van der Waals surface area contributed by atoms with Crippen LogP contribution in [0.25, 0.3) is 0 Å². The third-order valence-corrected chi connectivity index (χ3v) is 3.83. The molecule has 1 heterocycles. The number of ether oxygens (including phenoxy) is 1. The summed E-state index contributed by atoms with van der Waals surface area (Å²) in [5.41, 5.74) is 1.28. The fourth-order valence-corrected chi connectivity index (χ4v) is 2.98. The molecule has 1 aromatic rings. The summed E-state index contributed by atoms with van der Waals surface area (Å²) in [5.74, 6) is 1.70. The van der Waals surface area contributed by atoms with E-state index >= 15 is 0 Å². The Balaban J connectivity index is 2.23. The summed E-state index contributed by atoms with van der Waals surface area (Å²) in [6.07, 6.45) is 0. The minimum atomic E-state index is 0.351. The molecule has 2 atom stereocenters. The van der Waals surface area contributed by atoms with Gasteiger partial charge in [-0.3, -0.25) is 4.90 Å². The van der Waals surface area contributed by atoms with Crippen LogP contribution in [0.3, 0.4) is 0 Å². The first-order valence-corrected chi connectivity index (χ1v) is 7.30. The summed E-state index contributed by atoms with van der Waals surface area (Å²) in [4.78, 5) is 2.53. The number of hydrogen-bond acceptors (Lipinski definition) is 3. The maximum absolute atomic E-state index is 5.95. The zero-order valence-electron chi connectivity index (χ0n) is 12.5. The molecule has 0 bridgehead atoms. The molecule has 0 amide bonds. The van der Waals surface area contributed by atoms with Gasteiger partial charge in [0.1, 0.15) is 12.4 Å². The highest BCUT2D eigenvalue weighted by Gasteiger charge is 2.33. The fourth-order valence-electron chi connectivity index (χ4n) is 2.98. The van der Waals surface area contributed by atoms with E-state index in [0.717, 1.165) is 25.4 Å². The van der Waals surface area contributed by atoms with E-state index in [-0.39, 0.29) is 0 Å². The van der Waals surface area contributed by atoms with Crippen molar-refractivity contribution in [2.75, 3.05) is 26.7 Å². The molecule has 0 aliphatic carbocycles. The van der Waals surface area contributed by atoms with Gasteiger partial charge in [0.15, 0.2) is 0 Å². The van der Waals surface area contributed by atoms with Crippen molar-refractivity contribution in [1.29, 1.82) is 0 Å². The summed E-state index contributed by atoms with van der Waals surface area (Å²) in [6, 6.07) is 9.13. The summed E-state index contributed by atoms with van der Waals surface area (Å²) < 4.78 is 5.95. The zero-order valence-corrected chi connectivity index (χ0v) is 12.5. The quantitative estimate of drug-likeness (QED) is 0.883. The molecule has 0 saturated carbocycles. The summed E-state index contributed by atoms with van der Waals surface area (Å²) in [7, 11) is 2.04. The second-order valence-electron chi connectivity index (χ2n) is 5.66. The van der Waals surface area contributed by atoms with Crippen molar-refractivity contribution in [2.24, 2.45) is 5.92 Å². The van der Waals surface area contributed by atoms with Gasteiger partial charge in [0.05, 0.1) is 12.1 Å². The molecule has 1 aliphatic rings. The Morgan fingerprint density at radius 1 is 1.37 bits per heavy atom. The van der Waals surface area contributed by atoms with Gasteiger partial charge in [0.25, 0.3) is 0 Å². The van der Waals surface area contributed by atoms with Crippen molar-refractivity contribution in [1.82, 2.24) is 10.2 Å². The Morgan fingerprint density at radius 3 is 2.74 bits per heavy atom. The van der Waals surface area contributed by atoms with Gasteiger partial charge in [-0.2, -0.15) is 0 Å². The van der Waals surface area contributed by atoms with Crippen molar-refractivity contribution >= 4 is 0 Å². The number of para-hydroxylation sites is 1. The van der Waals surface area contributed by atoms with Crippen molar-refractivity contribution in [3.8, 4) is 5.75 Å². The van der Waals surface area contributed by atoms with E-state index in [2.05, 4.69) is 49.2 Å². The lowest BCUT2D eigenvalue weighted by molar-refractivity contribution is 0.0830. The average molecular weight is 262 g/mol. The van der Waals surface area contributed by atoms with Crippen LogP contribution in [-0.2, 0) is 0 Å². The van der Waals surface area contributed by atoms with Gasteiger partial charge < -0.3 is 10.1 Å². The van der Waals surface area contributed by atoms with Gasteiger partial charge in [-0.05, 0) is 25.6 Å². The van der Waals surface area contributed by atoms with Gasteiger partial charge in [-0.25, -0.2) is 0 Å². The number of fused-ring (bicyclic) bond motifs is 1. The van der Waals surface area contributed by atoms with Crippen LogP contribution in [0.15, 0.2) is 24.3 Å². The van der Waals surface area contributed by atoms with E-state index in [0.29, 0.717) is 18.0 Å². The average Bonchev–Trinajstić information content (AvgIpc) is 2.43. The van der Waals surface area contributed by atoms with Crippen molar-refractivity contribution in [3.63, 3.8) is 0 Å². The molecule has 3 heteroatoms. The molecule has 1 aromatic carbocycles. The molecule has 1 aliphatic heterocycles. The fraction of sp³-hybridized carbons (Fsp3) is 0.625. The Kier molecular flexibility index (Phi) is 4.83. The number of nitrogens with zero attached hydrogens (tertiary/aromatic N) is 1. The largest absolute Gasteiger partial charge is 0.492 e. The van der Waals surface area contributed by atoms with Gasteiger partial charge in [0, 0.05) is 12.1 Å². The molecular weight excluding hydrogens is 236 g/mol. The lowest BCUT2D eigenvalue weighted by Crippen LogP contribution is -2.50. The summed E-state index contributed by atoms with van der Waals surface area (Å²) >= 11 is 0. The normalized spacial score (nSPS) is 22.4. The zero-order chi connectivity index (χ0) is 13.8. The van der Waals surface area contributed by atoms with Crippen molar-refractivity contribution in [3.05, 3.63) is 29.8 Å². The molecule has 2 unspecified atom stereocenters. The van der Waals surface area contributed by atoms with Crippen LogP contribution in [0.2, 0.25) is 0 Å². The van der Waals surface area contributed by atoms with Crippen LogP contribution < -0.4 is 10.1 Å². The molecule has 19 heavy (non-hydrogen) atoms. The monoisotopic (exact) mass is 262 g/mol. The molecule has 106 valence electrons. The molecule has 0 fully saturated rings. The maximum atomic E-state index is 5.95. The van der Waals surface area contributed by atoms with Gasteiger partial charge in [-0.1, -0.05) is 39.0 Å². The molecule has 0 aromatic heterocycles. The Morgan fingerprint density at radius 2 is 2.11 bits per heavy atom. The van der Waals surface area contributed by atoms with Crippen LogP contribution in [0.4, 0.5) is 0 Å². The molecule has 0 radical (unpaired) electrons. The third-order valence-electron chi connectivity index (χ3n) is 3.83. The molecule has 0 saturated heterocycles. The Hall–Kier alpha value is -1.06. The molecular formula is C16H26N2O. The van der Waals surface area contributed by atoms with Gasteiger partial charge >= 0.3 is 0 Å². The molecule has 3 nitrogen and oxygen atoms in total. The van der Waals surface area contributed by atoms with E-state index < -0.39 is 0 Å². The van der Waals surface area contributed by atoms with E-state index in [1.165, 1.54) is 5.56 Å². The first kappa shape index (κ1) is 14.4. The van der Waals surface area contributed by atoms with E-state index in [4.69, 9.17) is 4.74 Å². The first-order valence-electron chi connectivity index (χ1n) is 7.30. The van der Waals surface area contributed by atoms with Crippen LogP contribution in [-0.4, -0.2) is 37.7 Å². The predicted molar refractivity (Wildman–Crippen MR) is 79.6 cm³/mol. The number of likely N-dealkylation sites (N-methyl/N-ethyl adjacent to an activating group) is 2. The summed E-state index contributed by atoms with van der Waals surface area (Å²) in [5, 5.41) is 3.48. The minimum absolute atomic E-state index is 0.351. The van der Waals surface area contributed by atoms with Gasteiger partial charge in [-0.15, -0.1) is 0 Å². The lowest BCUT2D eigenvalue weighted by atomic mass is 9.94. The SMILES string of the molecule is CCN(CC(C)C)C1COc2ccccc2C1NC. The van der Waals surface area contributed by atoms with Gasteiger partial charge in [0.2, 0.25) is 0 Å². The van der Waals surface area contributed by atoms with E-state index in [1.54, 1.807) is 0 Å². The number of nitrogens with one attached hydrogen (secondary N) is 1. The smallest absolute Gasteiger partial charge is 0.124 e. The summed E-state index contributed by atoms with van der Waals surface area (Å²) in [6.45, 7) is 9.72. The van der Waals surface area contributed by atoms with Crippen LogP contribution in [0.1, 0.15) is 32.4 Å². The highest BCUT2D eigenvalue weighted by atomic mass is 16.5. The predicted octanol–water partition coefficient (Wildman–Crippen LogP) is 2.69. The Bertz CT molecular complexity index is 405. The van der Waals surface area contributed by atoms with Crippen LogP contribution >= 0.6 is 0 Å². The minimum Gasteiger partial charge on any atom is -0.492 e. The molecule has 0 spiro atoms. The highest BCUT2D eigenvalue weighted by molar-refractivity contribution is 5.38. The Labute approximate surface area is 116 Å². The standard InChI is InChI=1S/C16H26N2O/c1-5-18(10-12(2)3)14-11-19-15-9-7-6-8-13(15)16(14)17-4/h6-9,12,14,16-17H,5,10-11H2,1-4H3. The van der Waals surface area contributed by atoms with Crippen LogP contribution in [0.5, 0.6) is 5.75 Å². The van der Waals surface area contributed by atoms with Crippen molar-refractivity contribution < 1.29 is 4.74 Å². The maximum Gasteiger partial charge on any atom is 0.124 e. The highest BCUT2D eigenvalue weighted by Crippen LogP contribution is 2.34. The number of hydrogen-bond donors (Lipinski definition) is 1. The van der Waals surface area contributed by atoms with Crippen LogP contribution in [0, 0.1) is 5.92 Å². The van der Waals surface area contributed by atoms with E-state index in [9.17, 15) is 0 Å². The number of benzene rings is 1. The first-order chi connectivity index (χ1) is 9.17.